The summed E-state index contributed by atoms with van der Waals surface area (Å²) in [6, 6.07) is 13.6. The molecule has 0 bridgehead atoms. The molecule has 0 saturated heterocycles. The Bertz CT molecular complexity index is 572. The molecule has 2 rings (SSSR count). The Balaban J connectivity index is 2.07. The van der Waals surface area contributed by atoms with Gasteiger partial charge >= 0.3 is 0 Å². The summed E-state index contributed by atoms with van der Waals surface area (Å²) >= 11 is 6.11. The van der Waals surface area contributed by atoms with Crippen LogP contribution < -0.4 is 14.8 Å². The number of para-hydroxylation sites is 2. The molecule has 0 fully saturated rings. The first-order valence-electron chi connectivity index (χ1n) is 6.52. The van der Waals surface area contributed by atoms with Crippen molar-refractivity contribution in [3.8, 4) is 11.5 Å². The van der Waals surface area contributed by atoms with Gasteiger partial charge in [-0.3, -0.25) is 0 Å². The van der Waals surface area contributed by atoms with Gasteiger partial charge in [0.15, 0.2) is 0 Å². The first-order chi connectivity index (χ1) is 9.74. The van der Waals surface area contributed by atoms with E-state index in [2.05, 4.69) is 5.32 Å². The second kappa shape index (κ2) is 7.06. The number of nitrogens with one attached hydrogen (secondary N) is 1. The first-order valence-corrected chi connectivity index (χ1v) is 6.90. The highest BCUT2D eigenvalue weighted by Gasteiger charge is 2.04. The van der Waals surface area contributed by atoms with Gasteiger partial charge in [0.2, 0.25) is 0 Å². The largest absolute Gasteiger partial charge is 0.495 e. The third kappa shape index (κ3) is 3.58. The maximum atomic E-state index is 6.11. The van der Waals surface area contributed by atoms with Gasteiger partial charge in [0, 0.05) is 6.54 Å². The Kier molecular flexibility index (Phi) is 5.13. The molecule has 0 unspecified atom stereocenters. The smallest absolute Gasteiger partial charge is 0.142 e. The molecule has 0 aliphatic carbocycles. The molecule has 0 spiro atoms. The predicted molar refractivity (Wildman–Crippen MR) is 82.9 cm³/mol. The quantitative estimate of drug-likeness (QED) is 0.858. The zero-order chi connectivity index (χ0) is 14.4. The number of hydrogen-bond acceptors (Lipinski definition) is 3. The van der Waals surface area contributed by atoms with E-state index in [1.54, 1.807) is 7.11 Å². The zero-order valence-electron chi connectivity index (χ0n) is 11.7. The van der Waals surface area contributed by atoms with Crippen molar-refractivity contribution in [1.82, 2.24) is 0 Å². The van der Waals surface area contributed by atoms with E-state index in [1.807, 2.05) is 49.4 Å². The van der Waals surface area contributed by atoms with E-state index in [4.69, 9.17) is 21.1 Å². The van der Waals surface area contributed by atoms with E-state index < -0.39 is 0 Å². The number of methoxy groups -OCH3 is 1. The van der Waals surface area contributed by atoms with Gasteiger partial charge in [0.1, 0.15) is 11.5 Å². The fourth-order valence-electron chi connectivity index (χ4n) is 1.91. The van der Waals surface area contributed by atoms with Crippen LogP contribution in [0.5, 0.6) is 11.5 Å². The lowest BCUT2D eigenvalue weighted by molar-refractivity contribution is 0.341. The number of hydrogen-bond donors (Lipinski definition) is 1. The highest BCUT2D eigenvalue weighted by atomic mass is 35.5. The lowest BCUT2D eigenvalue weighted by atomic mass is 10.2. The van der Waals surface area contributed by atoms with Gasteiger partial charge in [0.05, 0.1) is 24.4 Å². The molecule has 3 nitrogen and oxygen atoms in total. The summed E-state index contributed by atoms with van der Waals surface area (Å²) in [7, 11) is 1.61. The molecule has 4 heteroatoms. The fourth-order valence-corrected chi connectivity index (χ4v) is 2.19. The van der Waals surface area contributed by atoms with E-state index in [0.29, 0.717) is 23.9 Å². The summed E-state index contributed by atoms with van der Waals surface area (Å²) in [4.78, 5) is 0. The van der Waals surface area contributed by atoms with E-state index >= 15 is 0 Å². The molecule has 0 heterocycles. The van der Waals surface area contributed by atoms with Crippen molar-refractivity contribution < 1.29 is 9.47 Å². The molecular formula is C16H18ClNO2. The Morgan fingerprint density at radius 1 is 1.10 bits per heavy atom. The van der Waals surface area contributed by atoms with Crippen LogP contribution in [0.1, 0.15) is 12.5 Å². The number of anilines is 1. The minimum atomic E-state index is 0.616. The van der Waals surface area contributed by atoms with Crippen LogP contribution in [0.2, 0.25) is 5.02 Å². The van der Waals surface area contributed by atoms with Crippen molar-refractivity contribution in [1.29, 1.82) is 0 Å². The first kappa shape index (κ1) is 14.5. The van der Waals surface area contributed by atoms with Crippen molar-refractivity contribution in [3.63, 3.8) is 0 Å². The molecule has 0 saturated carbocycles. The molecule has 0 atom stereocenters. The molecule has 0 amide bonds. The summed E-state index contributed by atoms with van der Waals surface area (Å²) in [6.07, 6.45) is 0. The third-order valence-electron chi connectivity index (χ3n) is 2.89. The number of benzene rings is 2. The van der Waals surface area contributed by atoms with E-state index in [1.165, 1.54) is 0 Å². The van der Waals surface area contributed by atoms with Crippen LogP contribution in [-0.4, -0.2) is 13.7 Å². The number of ether oxygens (including phenoxy) is 2. The number of halogens is 1. The maximum Gasteiger partial charge on any atom is 0.142 e. The second-order valence-corrected chi connectivity index (χ2v) is 4.66. The highest BCUT2D eigenvalue weighted by molar-refractivity contribution is 6.32. The van der Waals surface area contributed by atoms with Crippen LogP contribution in [0.25, 0.3) is 0 Å². The SMILES string of the molecule is CCOc1ccccc1NCc1ccc(OC)c(Cl)c1. The molecule has 0 radical (unpaired) electrons. The van der Waals surface area contributed by atoms with Crippen molar-refractivity contribution in [3.05, 3.63) is 53.1 Å². The topological polar surface area (TPSA) is 30.5 Å². The normalized spacial score (nSPS) is 10.2. The molecule has 0 aliphatic rings. The summed E-state index contributed by atoms with van der Waals surface area (Å²) < 4.78 is 10.7. The Labute approximate surface area is 124 Å². The summed E-state index contributed by atoms with van der Waals surface area (Å²) in [5.41, 5.74) is 2.06. The molecule has 0 aromatic heterocycles. The monoisotopic (exact) mass is 291 g/mol. The molecular weight excluding hydrogens is 274 g/mol. The van der Waals surface area contributed by atoms with Gasteiger partial charge in [-0.05, 0) is 36.8 Å². The van der Waals surface area contributed by atoms with Crippen molar-refractivity contribution >= 4 is 17.3 Å². The van der Waals surface area contributed by atoms with Crippen LogP contribution in [0, 0.1) is 0 Å². The standard InChI is InChI=1S/C16H18ClNO2/c1-3-20-16-7-5-4-6-14(16)18-11-12-8-9-15(19-2)13(17)10-12/h4-10,18H,3,11H2,1-2H3. The lowest BCUT2D eigenvalue weighted by Crippen LogP contribution is -2.02. The van der Waals surface area contributed by atoms with Crippen molar-refractivity contribution in [2.45, 2.75) is 13.5 Å². The van der Waals surface area contributed by atoms with Gasteiger partial charge in [-0.25, -0.2) is 0 Å². The number of rotatable bonds is 6. The van der Waals surface area contributed by atoms with Crippen LogP contribution >= 0.6 is 11.6 Å². The maximum absolute atomic E-state index is 6.11. The Morgan fingerprint density at radius 2 is 1.90 bits per heavy atom. The van der Waals surface area contributed by atoms with E-state index in [-0.39, 0.29) is 0 Å². The van der Waals surface area contributed by atoms with Gasteiger partial charge in [-0.1, -0.05) is 29.8 Å². The second-order valence-electron chi connectivity index (χ2n) is 4.25. The molecule has 106 valence electrons. The molecule has 1 N–H and O–H groups in total. The van der Waals surface area contributed by atoms with E-state index in [0.717, 1.165) is 17.0 Å². The fraction of sp³-hybridized carbons (Fsp3) is 0.250. The van der Waals surface area contributed by atoms with Crippen molar-refractivity contribution in [2.75, 3.05) is 19.0 Å². The van der Waals surface area contributed by atoms with Crippen LogP contribution in [-0.2, 0) is 6.54 Å². The Morgan fingerprint density at radius 3 is 2.60 bits per heavy atom. The summed E-state index contributed by atoms with van der Waals surface area (Å²) in [6.45, 7) is 3.29. The highest BCUT2D eigenvalue weighted by Crippen LogP contribution is 2.27. The van der Waals surface area contributed by atoms with E-state index in [9.17, 15) is 0 Å². The summed E-state index contributed by atoms with van der Waals surface area (Å²) in [5.74, 6) is 1.54. The van der Waals surface area contributed by atoms with Gasteiger partial charge in [-0.15, -0.1) is 0 Å². The van der Waals surface area contributed by atoms with Gasteiger partial charge in [-0.2, -0.15) is 0 Å². The average molecular weight is 292 g/mol. The van der Waals surface area contributed by atoms with Gasteiger partial charge < -0.3 is 14.8 Å². The zero-order valence-corrected chi connectivity index (χ0v) is 12.4. The lowest BCUT2D eigenvalue weighted by Gasteiger charge is -2.12. The van der Waals surface area contributed by atoms with Crippen LogP contribution in [0.4, 0.5) is 5.69 Å². The summed E-state index contributed by atoms with van der Waals surface area (Å²) in [5, 5.41) is 3.97. The minimum absolute atomic E-state index is 0.616. The third-order valence-corrected chi connectivity index (χ3v) is 3.18. The van der Waals surface area contributed by atoms with Crippen LogP contribution in [0.15, 0.2) is 42.5 Å². The van der Waals surface area contributed by atoms with Crippen LogP contribution in [0.3, 0.4) is 0 Å². The predicted octanol–water partition coefficient (Wildman–Crippen LogP) is 4.36. The van der Waals surface area contributed by atoms with Gasteiger partial charge in [0.25, 0.3) is 0 Å². The molecule has 20 heavy (non-hydrogen) atoms. The molecule has 2 aromatic carbocycles. The average Bonchev–Trinajstić information content (AvgIpc) is 2.47. The molecule has 2 aromatic rings. The minimum Gasteiger partial charge on any atom is -0.495 e. The molecule has 0 aliphatic heterocycles. The Hall–Kier alpha value is -1.87. The van der Waals surface area contributed by atoms with Crippen molar-refractivity contribution in [2.24, 2.45) is 0 Å².